The molecule has 0 fully saturated rings. The van der Waals surface area contributed by atoms with E-state index < -0.39 is 75.0 Å². The van der Waals surface area contributed by atoms with Gasteiger partial charge >= 0.3 is 0 Å². The van der Waals surface area contributed by atoms with Gasteiger partial charge < -0.3 is 0 Å². The van der Waals surface area contributed by atoms with Gasteiger partial charge in [-0.05, 0) is 160 Å². The zero-order valence-electron chi connectivity index (χ0n) is 69.2. The second-order valence-electron chi connectivity index (χ2n) is 32.8. The summed E-state index contributed by atoms with van der Waals surface area (Å²) in [7, 11) is -10.7. The molecule has 117 heavy (non-hydrogen) atoms. The zero-order chi connectivity index (χ0) is 88.5. The number of sulfone groups is 1. The number of carbonyl (C=O) groups excluding carboxylic acids is 3. The Morgan fingerprint density at radius 2 is 0.658 bits per heavy atom. The van der Waals surface area contributed by atoms with Crippen LogP contribution in [0.5, 0.6) is 0 Å². The van der Waals surface area contributed by atoms with Crippen LogP contribution in [0.1, 0.15) is 184 Å². The van der Waals surface area contributed by atoms with Gasteiger partial charge in [-0.2, -0.15) is 0 Å². The van der Waals surface area contributed by atoms with E-state index in [2.05, 4.69) is 0 Å². The summed E-state index contributed by atoms with van der Waals surface area (Å²) < 4.78 is 159. The standard InChI is InChI=1S/2C19H21ClFNO3S.C18H20ClFOS.C18H18ClFO.C17H18ClFO2S/c1-19(2,3)15-8-6-7-13(17(15)21)14-11-12(9-10-16(14)20)18(23)22(4)26(5,24)25;1-5-26(24,25)22-18(23)12-9-10-16(20)14(11-12)13-7-6-8-15(17(13)21)19(2,3)4;1-5-22(21)12-9-10-16(19)14(11-12)13-7-6-8-15(17(13)20)18(2,3)4;1-11(21)12-8-9-16(19)14(10-12)13-6-5-7-15(17(13)20)18(2,3)4;1-17(2,3)14-7-5-6-12(16(14)19)13-10-11(22(4,20)21)8-9-15(13)18/h6-11H,1-5H3;6-11H,5H2,1-4H3,(H,22,23);6-11H,5H2,1-4H3;5-10H,1-4H3;5-10H,1-4H3. The van der Waals surface area contributed by atoms with Crippen LogP contribution in [0, 0.1) is 29.1 Å². The van der Waals surface area contributed by atoms with Crippen LogP contribution >= 0.6 is 58.0 Å². The maximum Gasteiger partial charge on any atom is 0.267 e. The highest BCUT2D eigenvalue weighted by atomic mass is 35.5. The van der Waals surface area contributed by atoms with Crippen LogP contribution in [-0.4, -0.2) is 82.4 Å². The van der Waals surface area contributed by atoms with E-state index in [9.17, 15) is 57.0 Å². The van der Waals surface area contributed by atoms with Crippen molar-refractivity contribution in [2.45, 2.75) is 161 Å². The monoisotopic (exact) mass is 1780 g/mol. The van der Waals surface area contributed by atoms with Crippen molar-refractivity contribution in [3.63, 3.8) is 0 Å². The highest BCUT2D eigenvalue weighted by Crippen LogP contribution is 2.42. The van der Waals surface area contributed by atoms with Gasteiger partial charge in [-0.1, -0.05) is 260 Å². The number of nitrogens with one attached hydrogen (secondary N) is 1. The number of amides is 2. The third kappa shape index (κ3) is 25.3. The fourth-order valence-corrected chi connectivity index (χ4v) is 15.3. The van der Waals surface area contributed by atoms with E-state index in [0.29, 0.717) is 108 Å². The van der Waals surface area contributed by atoms with Crippen LogP contribution in [0.3, 0.4) is 0 Å². The Balaban J connectivity index is 0.000000228. The molecule has 0 aromatic heterocycles. The molecule has 0 radical (unpaired) electrons. The van der Waals surface area contributed by atoms with Gasteiger partial charge in [-0.15, -0.1) is 0 Å². The van der Waals surface area contributed by atoms with Crippen LogP contribution in [0.15, 0.2) is 192 Å². The minimum Gasteiger partial charge on any atom is -0.295 e. The number of rotatable bonds is 14. The molecule has 10 aromatic carbocycles. The Kier molecular flexibility index (Phi) is 32.6. The van der Waals surface area contributed by atoms with Crippen molar-refractivity contribution in [2.75, 3.05) is 31.1 Å². The summed E-state index contributed by atoms with van der Waals surface area (Å²) in [5.74, 6) is -3.02. The lowest BCUT2D eigenvalue weighted by Gasteiger charge is -2.21. The van der Waals surface area contributed by atoms with Crippen molar-refractivity contribution in [1.29, 1.82) is 0 Å². The molecule has 2 amide bonds. The molecule has 10 aromatic rings. The third-order valence-electron chi connectivity index (χ3n) is 18.5. The SMILES string of the molecule is CC(=O)c1ccc(Cl)c(-c2cccc(C(C)(C)C)c2F)c1.CC(C)(C)c1cccc(-c2cc(S(C)(=O)=O)ccc2Cl)c1F.CCS(=O)(=O)NC(=O)c1ccc(Cl)c(-c2cccc(C(C)(C)C)c2F)c1.CCS(=O)c1ccc(Cl)c(-c2cccc(C(C)(C)C)c2F)c1.CN(C(=O)c1ccc(Cl)c(-c2cccc(C(C)(C)C)c2F)c1)S(C)(=O)=O. The molecule has 0 heterocycles. The fraction of sp³-hybridized carbons (Fsp3) is 0.308. The average molecular weight is 1780 g/mol. The zero-order valence-corrected chi connectivity index (χ0v) is 76.2. The van der Waals surface area contributed by atoms with Crippen molar-refractivity contribution in [3.8, 4) is 55.6 Å². The lowest BCUT2D eigenvalue weighted by molar-refractivity contribution is 0.0882. The summed E-state index contributed by atoms with van der Waals surface area (Å²) in [6.45, 7) is 33.7. The molecule has 0 saturated carbocycles. The molecule has 0 saturated heterocycles. The number of hydrogen-bond acceptors (Lipinski definition) is 10. The first kappa shape index (κ1) is 97.7. The number of carbonyl (C=O) groups is 3. The number of hydrogen-bond donors (Lipinski definition) is 1. The molecule has 26 heteroatoms. The van der Waals surface area contributed by atoms with E-state index in [4.69, 9.17) is 58.0 Å². The van der Waals surface area contributed by atoms with E-state index in [-0.39, 0.29) is 82.4 Å². The number of nitrogens with zero attached hydrogens (tertiary/aromatic N) is 1. The Bertz CT molecular complexity index is 5780. The van der Waals surface area contributed by atoms with Gasteiger partial charge in [0.2, 0.25) is 20.0 Å². The van der Waals surface area contributed by atoms with Gasteiger partial charge in [0.1, 0.15) is 29.1 Å². The smallest absolute Gasteiger partial charge is 0.267 e. The molecule has 0 bridgehead atoms. The van der Waals surface area contributed by atoms with Gasteiger partial charge in [0.25, 0.3) is 11.8 Å². The van der Waals surface area contributed by atoms with Crippen LogP contribution < -0.4 is 4.72 Å². The first-order valence-electron chi connectivity index (χ1n) is 36.9. The lowest BCUT2D eigenvalue weighted by atomic mass is 9.84. The predicted octanol–water partition coefficient (Wildman–Crippen LogP) is 25.1. The summed E-state index contributed by atoms with van der Waals surface area (Å²) in [5.41, 5.74) is 5.72. The Morgan fingerprint density at radius 3 is 0.949 bits per heavy atom. The summed E-state index contributed by atoms with van der Waals surface area (Å²) >= 11 is 31.1. The molecule has 0 aliphatic heterocycles. The Morgan fingerprint density at radius 1 is 0.385 bits per heavy atom. The van der Waals surface area contributed by atoms with Crippen molar-refractivity contribution >= 4 is 116 Å². The molecular formula is C91H98Cl5F5N2O10S4. The van der Waals surface area contributed by atoms with Crippen LogP contribution in [0.25, 0.3) is 55.6 Å². The number of sulfonamides is 2. The van der Waals surface area contributed by atoms with Crippen molar-refractivity contribution in [1.82, 2.24) is 9.03 Å². The molecule has 1 N–H and O–H groups in total. The Hall–Kier alpha value is -8.09. The molecule has 626 valence electrons. The molecule has 1 unspecified atom stereocenters. The van der Waals surface area contributed by atoms with Crippen LogP contribution in [-0.2, 0) is 67.8 Å². The topological polar surface area (TPSA) is 186 Å². The summed E-state index contributed by atoms with van der Waals surface area (Å²) in [6.07, 6.45) is 2.05. The minimum absolute atomic E-state index is 0.0692. The average Bonchev–Trinajstić information content (AvgIpc) is 0.810. The highest BCUT2D eigenvalue weighted by Gasteiger charge is 2.30. The molecule has 1 atom stereocenters. The predicted molar refractivity (Wildman–Crippen MR) is 472 cm³/mol. The van der Waals surface area contributed by atoms with E-state index >= 15 is 8.78 Å². The van der Waals surface area contributed by atoms with Gasteiger partial charge in [-0.25, -0.2) is 56.2 Å². The highest BCUT2D eigenvalue weighted by molar-refractivity contribution is 7.90. The maximum atomic E-state index is 15.1. The molecule has 12 nitrogen and oxygen atoms in total. The summed E-state index contributed by atoms with van der Waals surface area (Å²) in [5, 5.41) is 1.75. The van der Waals surface area contributed by atoms with Gasteiger partial charge in [0, 0.05) is 121 Å². The fourth-order valence-electron chi connectivity index (χ4n) is 11.8. The van der Waals surface area contributed by atoms with Crippen LogP contribution in [0.2, 0.25) is 25.1 Å². The summed E-state index contributed by atoms with van der Waals surface area (Å²) in [4.78, 5) is 36.9. The molecule has 0 aliphatic rings. The van der Waals surface area contributed by atoms with Gasteiger partial charge in [0.05, 0.1) is 27.7 Å². The molecule has 0 spiro atoms. The van der Waals surface area contributed by atoms with E-state index in [0.717, 1.165) is 12.5 Å². The van der Waals surface area contributed by atoms with E-state index in [1.807, 2.05) is 128 Å². The molecule has 10 rings (SSSR count). The second-order valence-corrected chi connectivity index (χ2v) is 42.6. The van der Waals surface area contributed by atoms with Crippen LogP contribution in [0.4, 0.5) is 22.0 Å². The second kappa shape index (κ2) is 39.0. The van der Waals surface area contributed by atoms with E-state index in [1.54, 1.807) is 115 Å². The number of halogens is 10. The van der Waals surface area contributed by atoms with E-state index in [1.165, 1.54) is 75.5 Å². The van der Waals surface area contributed by atoms with Crippen molar-refractivity contribution < 1.29 is 65.8 Å². The largest absolute Gasteiger partial charge is 0.295 e. The number of ketones is 1. The first-order valence-corrected chi connectivity index (χ1v) is 45.5. The normalized spacial score (nSPS) is 12.3. The molecule has 0 aliphatic carbocycles. The summed E-state index contributed by atoms with van der Waals surface area (Å²) in [6, 6.07) is 48.7. The number of benzene rings is 10. The van der Waals surface area contributed by atoms with Crippen molar-refractivity contribution in [2.24, 2.45) is 0 Å². The first-order chi connectivity index (χ1) is 53.8. The van der Waals surface area contributed by atoms with Crippen molar-refractivity contribution in [3.05, 3.63) is 281 Å². The molecular weight excluding hydrogens is 1680 g/mol. The lowest BCUT2D eigenvalue weighted by Crippen LogP contribution is -2.32. The minimum atomic E-state index is -3.70. The quantitative estimate of drug-likeness (QED) is 0.0811. The van der Waals surface area contributed by atoms with Gasteiger partial charge in [0.15, 0.2) is 15.6 Å². The maximum absolute atomic E-state index is 15.1. The Labute approximate surface area is 714 Å². The number of Topliss-reactive ketones (excluding diaryl/α,β-unsaturated/α-hetero) is 1. The third-order valence-corrected chi connectivity index (χ3v) is 25.0. The van der Waals surface area contributed by atoms with Gasteiger partial charge in [-0.3, -0.25) is 18.6 Å².